The Morgan fingerprint density at radius 1 is 0.805 bits per heavy atom. The molecule has 3 aromatic carbocycles. The average molecular weight is 562 g/mol. The molecule has 0 unspecified atom stereocenters. The van der Waals surface area contributed by atoms with E-state index >= 15 is 0 Å². The molecule has 4 rings (SSSR count). The second-order valence-corrected chi connectivity index (χ2v) is 10.3. The molecule has 2 N–H and O–H groups in total. The average Bonchev–Trinajstić information content (AvgIpc) is 3.02. The molecular weight excluding hydrogens is 522 g/mol. The van der Waals surface area contributed by atoms with Crippen molar-refractivity contribution in [2.75, 3.05) is 26.3 Å². The van der Waals surface area contributed by atoms with Crippen LogP contribution in [0, 0.1) is 0 Å². The van der Waals surface area contributed by atoms with Crippen molar-refractivity contribution in [3.8, 4) is 17.2 Å². The molecule has 0 radical (unpaired) electrons. The van der Waals surface area contributed by atoms with Crippen LogP contribution in [0.15, 0.2) is 72.8 Å². The van der Waals surface area contributed by atoms with Gasteiger partial charge in [-0.1, -0.05) is 26.0 Å². The van der Waals surface area contributed by atoms with Gasteiger partial charge in [-0.05, 0) is 73.2 Å². The molecule has 218 valence electrons. The second-order valence-electron chi connectivity index (χ2n) is 10.3. The van der Waals surface area contributed by atoms with E-state index in [2.05, 4.69) is 4.90 Å². The highest BCUT2D eigenvalue weighted by molar-refractivity contribution is 5.96. The fourth-order valence-electron chi connectivity index (χ4n) is 4.88. The molecule has 0 saturated carbocycles. The Balaban J connectivity index is 1.43. The van der Waals surface area contributed by atoms with Crippen LogP contribution < -0.4 is 9.47 Å². The van der Waals surface area contributed by atoms with Gasteiger partial charge >= 0.3 is 0 Å². The molecule has 0 bridgehead atoms. The third-order valence-electron chi connectivity index (χ3n) is 7.40. The number of rotatable bonds is 13. The van der Waals surface area contributed by atoms with Crippen LogP contribution in [-0.2, 0) is 4.74 Å². The molecule has 0 amide bonds. The van der Waals surface area contributed by atoms with E-state index < -0.39 is 6.10 Å². The van der Waals surface area contributed by atoms with Crippen molar-refractivity contribution in [2.45, 2.75) is 58.0 Å². The van der Waals surface area contributed by atoms with Crippen molar-refractivity contribution in [2.24, 2.45) is 0 Å². The first-order chi connectivity index (χ1) is 19.8. The molecular formula is C33H39NO7. The van der Waals surface area contributed by atoms with E-state index in [0.717, 1.165) is 0 Å². The summed E-state index contributed by atoms with van der Waals surface area (Å²) in [4.78, 5) is 26.0. The number of aliphatic hydroxyl groups is 1. The largest absolute Gasteiger partial charge is 0.508 e. The number of phenols is 1. The van der Waals surface area contributed by atoms with Gasteiger partial charge in [-0.2, -0.15) is 0 Å². The molecule has 1 heterocycles. The predicted molar refractivity (Wildman–Crippen MR) is 156 cm³/mol. The van der Waals surface area contributed by atoms with E-state index in [-0.39, 0.29) is 48.8 Å². The van der Waals surface area contributed by atoms with Crippen molar-refractivity contribution in [1.82, 2.24) is 4.90 Å². The number of carbonyl (C=O) groups is 2. The van der Waals surface area contributed by atoms with E-state index in [9.17, 15) is 19.8 Å². The minimum absolute atomic E-state index is 0.0819. The zero-order chi connectivity index (χ0) is 29.4. The number of aromatic hydroxyl groups is 1. The third kappa shape index (κ3) is 8.16. The summed E-state index contributed by atoms with van der Waals surface area (Å²) in [6, 6.07) is 20.5. The van der Waals surface area contributed by atoms with Crippen molar-refractivity contribution < 1.29 is 34.0 Å². The number of ketones is 2. The molecule has 1 aliphatic heterocycles. The van der Waals surface area contributed by atoms with Crippen LogP contribution in [0.25, 0.3) is 0 Å². The van der Waals surface area contributed by atoms with Gasteiger partial charge in [0.25, 0.3) is 0 Å². The van der Waals surface area contributed by atoms with E-state index in [1.165, 1.54) is 0 Å². The lowest BCUT2D eigenvalue weighted by Gasteiger charge is -2.42. The number of aliphatic hydroxyl groups excluding tert-OH is 1. The van der Waals surface area contributed by atoms with E-state index in [1.54, 1.807) is 72.8 Å². The van der Waals surface area contributed by atoms with Gasteiger partial charge in [-0.25, -0.2) is 0 Å². The summed E-state index contributed by atoms with van der Waals surface area (Å²) in [7, 11) is 0. The fraction of sp³-hybridized carbons (Fsp3) is 0.394. The predicted octanol–water partition coefficient (Wildman–Crippen LogP) is 5.23. The molecule has 0 spiro atoms. The molecule has 8 heteroatoms. The van der Waals surface area contributed by atoms with E-state index in [0.29, 0.717) is 54.1 Å². The van der Waals surface area contributed by atoms with Crippen LogP contribution >= 0.6 is 0 Å². The smallest absolute Gasteiger partial charge is 0.162 e. The molecule has 41 heavy (non-hydrogen) atoms. The molecule has 1 aliphatic rings. The number of Topliss-reactive ketones (excluding diaryl/α,β-unsaturated/α-hetero) is 2. The van der Waals surface area contributed by atoms with Crippen LogP contribution in [0.1, 0.15) is 66.0 Å². The van der Waals surface area contributed by atoms with Gasteiger partial charge in [0.15, 0.2) is 11.6 Å². The first-order valence-corrected chi connectivity index (χ1v) is 14.2. The zero-order valence-corrected chi connectivity index (χ0v) is 23.9. The number of morpholine rings is 1. The van der Waals surface area contributed by atoms with Crippen molar-refractivity contribution in [3.63, 3.8) is 0 Å². The molecule has 8 nitrogen and oxygen atoms in total. The van der Waals surface area contributed by atoms with Gasteiger partial charge in [0.2, 0.25) is 0 Å². The lowest BCUT2D eigenvalue weighted by molar-refractivity contribution is -0.128. The van der Waals surface area contributed by atoms with E-state index in [4.69, 9.17) is 14.2 Å². The van der Waals surface area contributed by atoms with Crippen molar-refractivity contribution in [3.05, 3.63) is 89.5 Å². The Morgan fingerprint density at radius 2 is 1.24 bits per heavy atom. The summed E-state index contributed by atoms with van der Waals surface area (Å²) in [5, 5.41) is 20.8. The number of ether oxygens (including phenoxy) is 3. The summed E-state index contributed by atoms with van der Waals surface area (Å²) in [6.07, 6.45) is -0.472. The quantitative estimate of drug-likeness (QED) is 0.274. The van der Waals surface area contributed by atoms with Crippen LogP contribution in [0.3, 0.4) is 0 Å². The zero-order valence-electron chi connectivity index (χ0n) is 23.9. The Morgan fingerprint density at radius 3 is 1.66 bits per heavy atom. The maximum Gasteiger partial charge on any atom is 0.162 e. The number of carbonyl (C=O) groups excluding carboxylic acids is 2. The Hall–Kier alpha value is -3.72. The molecule has 4 atom stereocenters. The monoisotopic (exact) mass is 561 g/mol. The van der Waals surface area contributed by atoms with Gasteiger partial charge in [-0.15, -0.1) is 0 Å². The highest BCUT2D eigenvalue weighted by Gasteiger charge is 2.34. The van der Waals surface area contributed by atoms with Crippen molar-refractivity contribution in [1.29, 1.82) is 0 Å². The number of phenolic OH excluding ortho intramolecular Hbond substituents is 1. The summed E-state index contributed by atoms with van der Waals surface area (Å²) >= 11 is 0. The minimum Gasteiger partial charge on any atom is -0.508 e. The Bertz CT molecular complexity index is 1200. The Labute approximate surface area is 241 Å². The molecule has 0 aliphatic carbocycles. The number of hydrogen-bond acceptors (Lipinski definition) is 8. The normalized spacial score (nSPS) is 18.8. The summed E-state index contributed by atoms with van der Waals surface area (Å²) in [6.45, 7) is 7.27. The maximum absolute atomic E-state index is 11.9. The Kier molecular flexibility index (Phi) is 10.5. The first-order valence-electron chi connectivity index (χ1n) is 14.2. The lowest BCUT2D eigenvalue weighted by atomic mass is 10.0. The third-order valence-corrected chi connectivity index (χ3v) is 7.40. The van der Waals surface area contributed by atoms with Crippen molar-refractivity contribution >= 4 is 11.6 Å². The van der Waals surface area contributed by atoms with Gasteiger partial charge in [0.05, 0.1) is 6.10 Å². The number of benzene rings is 3. The molecule has 1 saturated heterocycles. The number of hydrogen-bond donors (Lipinski definition) is 2. The SMILES string of the molecule is CCC(=O)c1ccc(OC[C@@H]2CN([C@H](C)[C@@H](O)c3ccc(O)cc3)C[C@@H](COc3ccc(C(=O)CC)cc3)O2)cc1. The lowest BCUT2D eigenvalue weighted by Crippen LogP contribution is -2.55. The summed E-state index contributed by atoms with van der Waals surface area (Å²) < 4.78 is 18.4. The second kappa shape index (κ2) is 14.3. The highest BCUT2D eigenvalue weighted by Crippen LogP contribution is 2.26. The maximum atomic E-state index is 11.9. The van der Waals surface area contributed by atoms with Gasteiger partial charge in [0, 0.05) is 43.1 Å². The standard InChI is InChI=1S/C33H39NO7/c1-4-31(36)23-8-14-27(15-9-23)39-20-29-18-34(22(3)33(38)25-6-12-26(35)13-7-25)19-30(41-29)21-40-28-16-10-24(11-17-28)32(37)5-2/h6-17,22,29-30,33,35,38H,4-5,18-21H2,1-3H3/t22-,29+,30+,33-/m1/s1. The van der Waals surface area contributed by atoms with E-state index in [1.807, 2.05) is 20.8 Å². The summed E-state index contributed by atoms with van der Waals surface area (Å²) in [5.74, 6) is 1.60. The van der Waals surface area contributed by atoms with Crippen LogP contribution in [0.4, 0.5) is 0 Å². The van der Waals surface area contributed by atoms with Gasteiger partial charge < -0.3 is 24.4 Å². The minimum atomic E-state index is -0.774. The van der Waals surface area contributed by atoms with Crippen LogP contribution in [0.5, 0.6) is 17.2 Å². The van der Waals surface area contributed by atoms with Crippen LogP contribution in [-0.4, -0.2) is 71.2 Å². The van der Waals surface area contributed by atoms with Crippen LogP contribution in [0.2, 0.25) is 0 Å². The summed E-state index contributed by atoms with van der Waals surface area (Å²) in [5.41, 5.74) is 2.02. The fourth-order valence-corrected chi connectivity index (χ4v) is 4.88. The number of nitrogens with zero attached hydrogens (tertiary/aromatic N) is 1. The first kappa shape index (κ1) is 30.2. The topological polar surface area (TPSA) is 106 Å². The highest BCUT2D eigenvalue weighted by atomic mass is 16.6. The molecule has 3 aromatic rings. The van der Waals surface area contributed by atoms with Gasteiger partial charge in [-0.3, -0.25) is 14.5 Å². The van der Waals surface area contributed by atoms with Gasteiger partial charge in [0.1, 0.15) is 42.7 Å². The molecule has 1 fully saturated rings. The molecule has 0 aromatic heterocycles.